The number of aromatic nitrogens is 2. The molecule has 0 radical (unpaired) electrons. The van der Waals surface area contributed by atoms with Crippen molar-refractivity contribution in [3.63, 3.8) is 0 Å². The summed E-state index contributed by atoms with van der Waals surface area (Å²) in [4.78, 5) is 36.4. The van der Waals surface area contributed by atoms with E-state index in [9.17, 15) is 14.4 Å². The zero-order valence-electron chi connectivity index (χ0n) is 15.0. The van der Waals surface area contributed by atoms with E-state index in [1.54, 1.807) is 12.1 Å². The Morgan fingerprint density at radius 2 is 1.74 bits per heavy atom. The first kappa shape index (κ1) is 18.3. The summed E-state index contributed by atoms with van der Waals surface area (Å²) in [7, 11) is 1.26. The van der Waals surface area contributed by atoms with Crippen molar-refractivity contribution < 1.29 is 19.1 Å². The van der Waals surface area contributed by atoms with Gasteiger partial charge in [0.25, 0.3) is 5.56 Å². The lowest BCUT2D eigenvalue weighted by molar-refractivity contribution is 0.0593. The molecule has 0 fully saturated rings. The summed E-state index contributed by atoms with van der Waals surface area (Å²) >= 11 is 0. The molecule has 0 atom stereocenters. The molecule has 0 unspecified atom stereocenters. The summed E-state index contributed by atoms with van der Waals surface area (Å²) in [6, 6.07) is 13.1. The second-order valence-electron chi connectivity index (χ2n) is 5.86. The quantitative estimate of drug-likeness (QED) is 0.510. The Balaban J connectivity index is 2.00. The Hall–Kier alpha value is -3.48. The van der Waals surface area contributed by atoms with E-state index >= 15 is 0 Å². The summed E-state index contributed by atoms with van der Waals surface area (Å²) in [5.74, 6) is -1.31. The van der Waals surface area contributed by atoms with E-state index in [4.69, 9.17) is 9.47 Å². The minimum Gasteiger partial charge on any atom is -0.465 e. The van der Waals surface area contributed by atoms with Crippen molar-refractivity contribution in [3.8, 4) is 5.75 Å². The van der Waals surface area contributed by atoms with Crippen LogP contribution in [0.15, 0.2) is 53.3 Å². The summed E-state index contributed by atoms with van der Waals surface area (Å²) in [5, 5.41) is 5.64. The van der Waals surface area contributed by atoms with Gasteiger partial charge in [0.15, 0.2) is 5.69 Å². The maximum absolute atomic E-state index is 12.5. The number of methoxy groups -OCH3 is 1. The van der Waals surface area contributed by atoms with Gasteiger partial charge in [-0.3, -0.25) is 4.79 Å². The number of benzene rings is 2. The molecule has 3 rings (SSSR count). The Labute approximate surface area is 155 Å². The maximum atomic E-state index is 12.5. The highest BCUT2D eigenvalue weighted by molar-refractivity contribution is 6.00. The molecular formula is C20H18N2O5. The molecule has 1 aromatic heterocycles. The van der Waals surface area contributed by atoms with Crippen molar-refractivity contribution in [2.75, 3.05) is 7.11 Å². The topological polar surface area (TPSA) is 87.5 Å². The van der Waals surface area contributed by atoms with Crippen LogP contribution in [0, 0.1) is 0 Å². The molecule has 2 aromatic carbocycles. The third kappa shape index (κ3) is 3.87. The monoisotopic (exact) mass is 366 g/mol. The molecule has 0 amide bonds. The Kier molecular flexibility index (Phi) is 5.30. The van der Waals surface area contributed by atoms with Crippen molar-refractivity contribution in [1.29, 1.82) is 0 Å². The highest BCUT2D eigenvalue weighted by Crippen LogP contribution is 2.27. The molecule has 0 N–H and O–H groups in total. The fraction of sp³-hybridized carbons (Fsp3) is 0.200. The number of carbonyl (C=O) groups is 2. The number of ether oxygens (including phenoxy) is 2. The van der Waals surface area contributed by atoms with Gasteiger partial charge in [0.1, 0.15) is 11.3 Å². The third-order valence-corrected chi connectivity index (χ3v) is 3.97. The van der Waals surface area contributed by atoms with Crippen LogP contribution in [0.5, 0.6) is 5.75 Å². The van der Waals surface area contributed by atoms with Gasteiger partial charge in [0.05, 0.1) is 7.11 Å². The molecule has 0 bridgehead atoms. The lowest BCUT2D eigenvalue weighted by Crippen LogP contribution is -2.25. The SMILES string of the molecule is CCCn1nc(C(=O)Oc2cc3ccccc3cc2C(=O)OC)ccc1=O. The first-order valence-corrected chi connectivity index (χ1v) is 8.45. The second-order valence-corrected chi connectivity index (χ2v) is 5.86. The van der Waals surface area contributed by atoms with Gasteiger partial charge >= 0.3 is 11.9 Å². The zero-order chi connectivity index (χ0) is 19.4. The normalized spacial score (nSPS) is 10.6. The average Bonchev–Trinajstić information content (AvgIpc) is 2.68. The van der Waals surface area contributed by atoms with E-state index < -0.39 is 11.9 Å². The van der Waals surface area contributed by atoms with Crippen LogP contribution in [0.2, 0.25) is 0 Å². The fourth-order valence-corrected chi connectivity index (χ4v) is 2.66. The molecule has 7 nitrogen and oxygen atoms in total. The van der Waals surface area contributed by atoms with Gasteiger partial charge in [-0.15, -0.1) is 0 Å². The Morgan fingerprint density at radius 3 is 2.41 bits per heavy atom. The van der Waals surface area contributed by atoms with Crippen LogP contribution in [0.1, 0.15) is 34.2 Å². The van der Waals surface area contributed by atoms with Crippen molar-refractivity contribution in [2.45, 2.75) is 19.9 Å². The lowest BCUT2D eigenvalue weighted by Gasteiger charge is -2.11. The number of rotatable bonds is 5. The number of aryl methyl sites for hydroxylation is 1. The van der Waals surface area contributed by atoms with Gasteiger partial charge in [0, 0.05) is 12.6 Å². The van der Waals surface area contributed by atoms with E-state index in [0.717, 1.165) is 10.8 Å². The van der Waals surface area contributed by atoms with E-state index in [0.29, 0.717) is 13.0 Å². The summed E-state index contributed by atoms with van der Waals surface area (Å²) in [6.45, 7) is 2.29. The number of carbonyl (C=O) groups excluding carboxylic acids is 2. The van der Waals surface area contributed by atoms with E-state index in [1.807, 2.05) is 31.2 Å². The van der Waals surface area contributed by atoms with Gasteiger partial charge < -0.3 is 9.47 Å². The summed E-state index contributed by atoms with van der Waals surface area (Å²) < 4.78 is 11.4. The molecule has 0 spiro atoms. The highest BCUT2D eigenvalue weighted by Gasteiger charge is 2.19. The first-order valence-electron chi connectivity index (χ1n) is 8.45. The van der Waals surface area contributed by atoms with Gasteiger partial charge in [-0.2, -0.15) is 5.10 Å². The molecule has 0 aliphatic rings. The highest BCUT2D eigenvalue weighted by atomic mass is 16.5. The minimum absolute atomic E-state index is 0.0213. The molecule has 0 saturated carbocycles. The number of hydrogen-bond donors (Lipinski definition) is 0. The third-order valence-electron chi connectivity index (χ3n) is 3.97. The van der Waals surface area contributed by atoms with Gasteiger partial charge in [0.2, 0.25) is 0 Å². The van der Waals surface area contributed by atoms with Gasteiger partial charge in [-0.25, -0.2) is 14.3 Å². The van der Waals surface area contributed by atoms with E-state index in [1.165, 1.54) is 23.9 Å². The molecule has 3 aromatic rings. The largest absolute Gasteiger partial charge is 0.465 e. The molecule has 27 heavy (non-hydrogen) atoms. The lowest BCUT2D eigenvalue weighted by atomic mass is 10.1. The number of nitrogens with zero attached hydrogens (tertiary/aromatic N) is 2. The van der Waals surface area contributed by atoms with Crippen LogP contribution in [-0.2, 0) is 11.3 Å². The number of hydrogen-bond acceptors (Lipinski definition) is 6. The Bertz CT molecular complexity index is 1070. The van der Waals surface area contributed by atoms with Gasteiger partial charge in [-0.05, 0) is 35.4 Å². The van der Waals surface area contributed by atoms with Crippen molar-refractivity contribution >= 4 is 22.7 Å². The van der Waals surface area contributed by atoms with E-state index in [-0.39, 0.29) is 22.6 Å². The van der Waals surface area contributed by atoms with Crippen LogP contribution in [0.4, 0.5) is 0 Å². The standard InChI is InChI=1S/C20H18N2O5/c1-3-10-22-18(23)9-8-16(21-22)20(25)27-17-12-14-7-5-4-6-13(14)11-15(17)19(24)26-2/h4-9,11-12H,3,10H2,1-2H3. The predicted molar refractivity (Wildman–Crippen MR) is 99.0 cm³/mol. The average molecular weight is 366 g/mol. The molecule has 1 heterocycles. The molecule has 0 saturated heterocycles. The fourth-order valence-electron chi connectivity index (χ4n) is 2.66. The van der Waals surface area contributed by atoms with Crippen molar-refractivity contribution in [3.05, 3.63) is 70.1 Å². The van der Waals surface area contributed by atoms with Crippen LogP contribution < -0.4 is 10.3 Å². The molecular weight excluding hydrogens is 348 g/mol. The van der Waals surface area contributed by atoms with Crippen molar-refractivity contribution in [1.82, 2.24) is 9.78 Å². The summed E-state index contributed by atoms with van der Waals surface area (Å²) in [5.41, 5.74) is -0.187. The number of fused-ring (bicyclic) bond motifs is 1. The van der Waals surface area contributed by atoms with Crippen LogP contribution >= 0.6 is 0 Å². The van der Waals surface area contributed by atoms with Crippen LogP contribution in [-0.4, -0.2) is 28.8 Å². The second kappa shape index (κ2) is 7.82. The molecule has 138 valence electrons. The van der Waals surface area contributed by atoms with Gasteiger partial charge in [-0.1, -0.05) is 31.2 Å². The molecule has 0 aliphatic carbocycles. The smallest absolute Gasteiger partial charge is 0.364 e. The first-order chi connectivity index (χ1) is 13.0. The van der Waals surface area contributed by atoms with Crippen LogP contribution in [0.3, 0.4) is 0 Å². The number of esters is 2. The zero-order valence-corrected chi connectivity index (χ0v) is 15.0. The maximum Gasteiger partial charge on any atom is 0.364 e. The summed E-state index contributed by atoms with van der Waals surface area (Å²) in [6.07, 6.45) is 0.697. The molecule has 7 heteroatoms. The predicted octanol–water partition coefficient (Wildman–Crippen LogP) is 2.81. The van der Waals surface area contributed by atoms with Crippen molar-refractivity contribution in [2.24, 2.45) is 0 Å². The minimum atomic E-state index is -0.764. The molecule has 0 aliphatic heterocycles. The Morgan fingerprint density at radius 1 is 1.04 bits per heavy atom. The van der Waals surface area contributed by atoms with E-state index in [2.05, 4.69) is 5.10 Å². The van der Waals surface area contributed by atoms with Crippen LogP contribution in [0.25, 0.3) is 10.8 Å².